The summed E-state index contributed by atoms with van der Waals surface area (Å²) in [6.07, 6.45) is 6.46. The number of rotatable bonds is 8. The smallest absolute Gasteiger partial charge is 0.227 e. The zero-order valence-corrected chi connectivity index (χ0v) is 17.3. The van der Waals surface area contributed by atoms with E-state index in [2.05, 4.69) is 51.3 Å². The first-order valence-corrected chi connectivity index (χ1v) is 10.6. The maximum absolute atomic E-state index is 12.3. The maximum atomic E-state index is 12.3. The zero-order valence-electron chi connectivity index (χ0n) is 17.3. The van der Waals surface area contributed by atoms with E-state index >= 15 is 0 Å². The lowest BCUT2D eigenvalue weighted by Gasteiger charge is -2.14. The monoisotopic (exact) mass is 392 g/mol. The van der Waals surface area contributed by atoms with E-state index in [1.54, 1.807) is 7.05 Å². The highest BCUT2D eigenvalue weighted by atomic mass is 16.1. The molecular formula is C24H32N4O. The molecule has 0 unspecified atom stereocenters. The zero-order chi connectivity index (χ0) is 20.3. The Morgan fingerprint density at radius 3 is 2.52 bits per heavy atom. The summed E-state index contributed by atoms with van der Waals surface area (Å²) in [5, 5.41) is 9.78. The first-order valence-electron chi connectivity index (χ1n) is 10.6. The number of guanidine groups is 1. The number of aryl methyl sites for hydroxylation is 1. The van der Waals surface area contributed by atoms with E-state index in [0.29, 0.717) is 6.54 Å². The van der Waals surface area contributed by atoms with Crippen LogP contribution in [-0.2, 0) is 17.8 Å². The second-order valence-electron chi connectivity index (χ2n) is 7.61. The highest BCUT2D eigenvalue weighted by Gasteiger charge is 2.22. The minimum Gasteiger partial charge on any atom is -0.356 e. The SMILES string of the molecule is CN=C(NCCCc1ccccc1)NCc1cccc(NC(=O)C2CCCC2)c1. The lowest BCUT2D eigenvalue weighted by atomic mass is 10.1. The number of nitrogens with zero attached hydrogens (tertiary/aromatic N) is 1. The number of amides is 1. The molecule has 3 N–H and O–H groups in total. The van der Waals surface area contributed by atoms with Gasteiger partial charge in [-0.05, 0) is 48.9 Å². The number of carbonyl (C=O) groups is 1. The second-order valence-corrected chi connectivity index (χ2v) is 7.61. The van der Waals surface area contributed by atoms with Crippen molar-refractivity contribution in [1.82, 2.24) is 10.6 Å². The highest BCUT2D eigenvalue weighted by molar-refractivity contribution is 5.92. The first kappa shape index (κ1) is 20.9. The van der Waals surface area contributed by atoms with E-state index < -0.39 is 0 Å². The van der Waals surface area contributed by atoms with Crippen LogP contribution < -0.4 is 16.0 Å². The summed E-state index contributed by atoms with van der Waals surface area (Å²) in [7, 11) is 1.78. The molecule has 0 aromatic heterocycles. The highest BCUT2D eigenvalue weighted by Crippen LogP contribution is 2.26. The van der Waals surface area contributed by atoms with Crippen LogP contribution in [0.4, 0.5) is 5.69 Å². The van der Waals surface area contributed by atoms with Gasteiger partial charge in [0.15, 0.2) is 5.96 Å². The first-order chi connectivity index (χ1) is 14.2. The van der Waals surface area contributed by atoms with E-state index in [-0.39, 0.29) is 11.8 Å². The van der Waals surface area contributed by atoms with Crippen molar-refractivity contribution in [1.29, 1.82) is 0 Å². The Morgan fingerprint density at radius 1 is 1.00 bits per heavy atom. The normalized spacial score (nSPS) is 14.6. The molecule has 1 aliphatic rings. The van der Waals surface area contributed by atoms with Gasteiger partial charge in [-0.3, -0.25) is 9.79 Å². The van der Waals surface area contributed by atoms with Crippen molar-refractivity contribution < 1.29 is 4.79 Å². The predicted octanol–water partition coefficient (Wildman–Crippen LogP) is 4.11. The van der Waals surface area contributed by atoms with Gasteiger partial charge in [-0.2, -0.15) is 0 Å². The van der Waals surface area contributed by atoms with Crippen molar-refractivity contribution in [3.63, 3.8) is 0 Å². The summed E-state index contributed by atoms with van der Waals surface area (Å²) in [6, 6.07) is 18.5. The number of carbonyl (C=O) groups excluding carboxylic acids is 1. The average Bonchev–Trinajstić information content (AvgIpc) is 3.29. The van der Waals surface area contributed by atoms with Crippen LogP contribution in [0.5, 0.6) is 0 Å². The van der Waals surface area contributed by atoms with Crippen LogP contribution in [0.15, 0.2) is 59.6 Å². The number of aliphatic imine (C=N–C) groups is 1. The van der Waals surface area contributed by atoms with E-state index in [1.807, 2.05) is 24.3 Å². The molecule has 2 aromatic carbocycles. The third kappa shape index (κ3) is 6.93. The van der Waals surface area contributed by atoms with E-state index in [9.17, 15) is 4.79 Å². The molecule has 154 valence electrons. The molecule has 0 radical (unpaired) electrons. The molecular weight excluding hydrogens is 360 g/mol. The van der Waals surface area contributed by atoms with Gasteiger partial charge in [0.05, 0.1) is 0 Å². The number of benzene rings is 2. The van der Waals surface area contributed by atoms with Gasteiger partial charge in [0, 0.05) is 31.7 Å². The minimum absolute atomic E-state index is 0.156. The Labute approximate surface area is 174 Å². The van der Waals surface area contributed by atoms with Crippen molar-refractivity contribution in [3.8, 4) is 0 Å². The fraction of sp³-hybridized carbons (Fsp3) is 0.417. The van der Waals surface area contributed by atoms with Gasteiger partial charge in [0.2, 0.25) is 5.91 Å². The molecule has 0 bridgehead atoms. The molecule has 5 heteroatoms. The van der Waals surface area contributed by atoms with Gasteiger partial charge < -0.3 is 16.0 Å². The molecule has 1 amide bonds. The van der Waals surface area contributed by atoms with E-state index in [1.165, 1.54) is 18.4 Å². The number of nitrogens with one attached hydrogen (secondary N) is 3. The molecule has 0 aliphatic heterocycles. The summed E-state index contributed by atoms with van der Waals surface area (Å²) in [5.41, 5.74) is 3.34. The van der Waals surface area contributed by atoms with Crippen molar-refractivity contribution in [3.05, 3.63) is 65.7 Å². The summed E-state index contributed by atoms with van der Waals surface area (Å²) in [5.74, 6) is 1.12. The Bertz CT molecular complexity index is 798. The topological polar surface area (TPSA) is 65.5 Å². The molecule has 29 heavy (non-hydrogen) atoms. The van der Waals surface area contributed by atoms with Gasteiger partial charge in [0.25, 0.3) is 0 Å². The van der Waals surface area contributed by atoms with Crippen LogP contribution in [-0.4, -0.2) is 25.5 Å². The summed E-state index contributed by atoms with van der Waals surface area (Å²) in [4.78, 5) is 16.6. The average molecular weight is 393 g/mol. The molecule has 0 saturated heterocycles. The minimum atomic E-state index is 0.156. The standard InChI is InChI=1S/C24H32N4O/c1-25-24(26-16-8-12-19-9-3-2-4-10-19)27-18-20-11-7-15-22(17-20)28-23(29)21-13-5-6-14-21/h2-4,7,9-11,15,17,21H,5-6,8,12-14,16,18H2,1H3,(H,28,29)(H2,25,26,27). The molecule has 2 aromatic rings. The largest absolute Gasteiger partial charge is 0.356 e. The number of hydrogen-bond donors (Lipinski definition) is 3. The van der Waals surface area contributed by atoms with Gasteiger partial charge >= 0.3 is 0 Å². The quantitative estimate of drug-likeness (QED) is 0.360. The second kappa shape index (κ2) is 11.2. The van der Waals surface area contributed by atoms with Crippen molar-refractivity contribution in [2.45, 2.75) is 45.1 Å². The third-order valence-electron chi connectivity index (χ3n) is 5.38. The fourth-order valence-corrected chi connectivity index (χ4v) is 3.74. The molecule has 0 atom stereocenters. The van der Waals surface area contributed by atoms with Crippen LogP contribution in [0.25, 0.3) is 0 Å². The van der Waals surface area contributed by atoms with Gasteiger partial charge in [-0.15, -0.1) is 0 Å². The van der Waals surface area contributed by atoms with Gasteiger partial charge in [0.1, 0.15) is 0 Å². The van der Waals surface area contributed by atoms with Crippen LogP contribution in [0.3, 0.4) is 0 Å². The lowest BCUT2D eigenvalue weighted by molar-refractivity contribution is -0.119. The third-order valence-corrected chi connectivity index (χ3v) is 5.38. The summed E-state index contributed by atoms with van der Waals surface area (Å²) >= 11 is 0. The Hall–Kier alpha value is -2.82. The Morgan fingerprint density at radius 2 is 1.76 bits per heavy atom. The Kier molecular flexibility index (Phi) is 8.11. The van der Waals surface area contributed by atoms with Crippen LogP contribution >= 0.6 is 0 Å². The molecule has 1 saturated carbocycles. The van der Waals surface area contributed by atoms with Crippen LogP contribution in [0.1, 0.15) is 43.2 Å². The molecule has 5 nitrogen and oxygen atoms in total. The molecule has 0 heterocycles. The summed E-state index contributed by atoms with van der Waals surface area (Å²) in [6.45, 7) is 1.53. The predicted molar refractivity (Wildman–Crippen MR) is 120 cm³/mol. The fourth-order valence-electron chi connectivity index (χ4n) is 3.74. The van der Waals surface area contributed by atoms with Crippen molar-refractivity contribution in [2.24, 2.45) is 10.9 Å². The van der Waals surface area contributed by atoms with Crippen LogP contribution in [0.2, 0.25) is 0 Å². The van der Waals surface area contributed by atoms with Gasteiger partial charge in [-0.25, -0.2) is 0 Å². The van der Waals surface area contributed by atoms with Crippen LogP contribution in [0, 0.1) is 5.92 Å². The Balaban J connectivity index is 1.41. The number of hydrogen-bond acceptors (Lipinski definition) is 2. The van der Waals surface area contributed by atoms with Crippen molar-refractivity contribution in [2.75, 3.05) is 18.9 Å². The molecule has 1 aliphatic carbocycles. The van der Waals surface area contributed by atoms with Gasteiger partial charge in [-0.1, -0.05) is 55.3 Å². The number of anilines is 1. The summed E-state index contributed by atoms with van der Waals surface area (Å²) < 4.78 is 0. The lowest BCUT2D eigenvalue weighted by Crippen LogP contribution is -2.37. The maximum Gasteiger partial charge on any atom is 0.227 e. The molecule has 3 rings (SSSR count). The van der Waals surface area contributed by atoms with E-state index in [0.717, 1.165) is 49.4 Å². The molecule has 1 fully saturated rings. The molecule has 0 spiro atoms. The van der Waals surface area contributed by atoms with Crippen molar-refractivity contribution >= 4 is 17.6 Å². The van der Waals surface area contributed by atoms with E-state index in [4.69, 9.17) is 0 Å².